The van der Waals surface area contributed by atoms with Crippen molar-refractivity contribution in [3.05, 3.63) is 29.8 Å². The van der Waals surface area contributed by atoms with Crippen molar-refractivity contribution in [3.8, 4) is 5.75 Å². The third-order valence-electron chi connectivity index (χ3n) is 3.73. The number of benzene rings is 1. The van der Waals surface area contributed by atoms with Gasteiger partial charge in [-0.15, -0.1) is 0 Å². The Balaban J connectivity index is 2.04. The van der Waals surface area contributed by atoms with Crippen LogP contribution in [0.2, 0.25) is 0 Å². The molecule has 0 aromatic heterocycles. The van der Waals surface area contributed by atoms with Crippen molar-refractivity contribution in [2.75, 3.05) is 0 Å². The Morgan fingerprint density at radius 3 is 2.33 bits per heavy atom. The highest BCUT2D eigenvalue weighted by Gasteiger charge is 2.23. The molecule has 1 amide bonds. The fourth-order valence-corrected chi connectivity index (χ4v) is 2.69. The third-order valence-corrected chi connectivity index (χ3v) is 3.73. The molecule has 1 saturated carbocycles. The van der Waals surface area contributed by atoms with Gasteiger partial charge in [-0.05, 0) is 30.5 Å². The SMILES string of the molecule is NC(=O)C(NC1CCCCC1)c1ccc(OC(F)F)cc1. The predicted molar refractivity (Wildman–Crippen MR) is 75.0 cm³/mol. The van der Waals surface area contributed by atoms with Gasteiger partial charge < -0.3 is 10.5 Å². The zero-order chi connectivity index (χ0) is 15.2. The maximum Gasteiger partial charge on any atom is 0.387 e. The van der Waals surface area contributed by atoms with E-state index in [-0.39, 0.29) is 11.8 Å². The van der Waals surface area contributed by atoms with Gasteiger partial charge in [0.25, 0.3) is 0 Å². The maximum atomic E-state index is 12.1. The lowest BCUT2D eigenvalue weighted by Crippen LogP contribution is -2.40. The molecular formula is C15H20F2N2O2. The van der Waals surface area contributed by atoms with Crippen molar-refractivity contribution in [3.63, 3.8) is 0 Å². The van der Waals surface area contributed by atoms with E-state index >= 15 is 0 Å². The first-order chi connectivity index (χ1) is 10.1. The van der Waals surface area contributed by atoms with Gasteiger partial charge in [-0.1, -0.05) is 31.4 Å². The van der Waals surface area contributed by atoms with Crippen LogP contribution in [0.4, 0.5) is 8.78 Å². The number of alkyl halides is 2. The number of carbonyl (C=O) groups excluding carboxylic acids is 1. The Labute approximate surface area is 122 Å². The number of hydrogen-bond donors (Lipinski definition) is 2. The summed E-state index contributed by atoms with van der Waals surface area (Å²) in [6, 6.07) is 5.67. The van der Waals surface area contributed by atoms with E-state index in [9.17, 15) is 13.6 Å². The Hall–Kier alpha value is -1.69. The minimum atomic E-state index is -2.86. The van der Waals surface area contributed by atoms with E-state index in [1.165, 1.54) is 18.6 Å². The lowest BCUT2D eigenvalue weighted by Gasteiger charge is -2.27. The molecule has 1 unspecified atom stereocenters. The van der Waals surface area contributed by atoms with Crippen LogP contribution in [0.25, 0.3) is 0 Å². The average Bonchev–Trinajstić information content (AvgIpc) is 2.46. The van der Waals surface area contributed by atoms with Crippen LogP contribution in [-0.2, 0) is 4.79 Å². The summed E-state index contributed by atoms with van der Waals surface area (Å²) in [4.78, 5) is 11.6. The second-order valence-corrected chi connectivity index (χ2v) is 5.28. The molecule has 1 fully saturated rings. The lowest BCUT2D eigenvalue weighted by atomic mass is 9.94. The molecule has 0 spiro atoms. The van der Waals surface area contributed by atoms with Crippen LogP contribution in [0, 0.1) is 0 Å². The van der Waals surface area contributed by atoms with Gasteiger partial charge in [-0.25, -0.2) is 0 Å². The van der Waals surface area contributed by atoms with Crippen molar-refractivity contribution < 1.29 is 18.3 Å². The van der Waals surface area contributed by atoms with Gasteiger partial charge in [0.1, 0.15) is 11.8 Å². The van der Waals surface area contributed by atoms with Crippen molar-refractivity contribution in [2.24, 2.45) is 5.73 Å². The van der Waals surface area contributed by atoms with Gasteiger partial charge in [0, 0.05) is 6.04 Å². The van der Waals surface area contributed by atoms with E-state index in [1.807, 2.05) is 0 Å². The van der Waals surface area contributed by atoms with E-state index < -0.39 is 18.6 Å². The summed E-state index contributed by atoms with van der Waals surface area (Å²) in [5, 5.41) is 3.27. The minimum Gasteiger partial charge on any atom is -0.435 e. The van der Waals surface area contributed by atoms with Crippen molar-refractivity contribution in [2.45, 2.75) is 50.8 Å². The normalized spacial score (nSPS) is 17.7. The van der Waals surface area contributed by atoms with E-state index in [1.54, 1.807) is 12.1 Å². The van der Waals surface area contributed by atoms with Gasteiger partial charge in [0.15, 0.2) is 0 Å². The molecule has 1 atom stereocenters. The number of ether oxygens (including phenoxy) is 1. The number of hydrogen-bond acceptors (Lipinski definition) is 3. The molecule has 6 heteroatoms. The van der Waals surface area contributed by atoms with Crippen LogP contribution in [0.5, 0.6) is 5.75 Å². The lowest BCUT2D eigenvalue weighted by molar-refractivity contribution is -0.120. The van der Waals surface area contributed by atoms with Crippen LogP contribution in [-0.4, -0.2) is 18.6 Å². The average molecular weight is 298 g/mol. The first-order valence-corrected chi connectivity index (χ1v) is 7.16. The first kappa shape index (κ1) is 15.7. The zero-order valence-corrected chi connectivity index (χ0v) is 11.7. The van der Waals surface area contributed by atoms with Crippen molar-refractivity contribution >= 4 is 5.91 Å². The zero-order valence-electron chi connectivity index (χ0n) is 11.7. The molecule has 1 aromatic rings. The Kier molecular flexibility index (Phi) is 5.50. The summed E-state index contributed by atoms with van der Waals surface area (Å²) >= 11 is 0. The summed E-state index contributed by atoms with van der Waals surface area (Å²) < 4.78 is 28.5. The number of nitrogens with one attached hydrogen (secondary N) is 1. The molecular weight excluding hydrogens is 278 g/mol. The molecule has 4 nitrogen and oxygen atoms in total. The molecule has 0 bridgehead atoms. The molecule has 0 aliphatic heterocycles. The first-order valence-electron chi connectivity index (χ1n) is 7.16. The van der Waals surface area contributed by atoms with Gasteiger partial charge in [-0.3, -0.25) is 10.1 Å². The number of rotatable bonds is 6. The molecule has 21 heavy (non-hydrogen) atoms. The molecule has 1 aliphatic carbocycles. The Morgan fingerprint density at radius 2 is 1.81 bits per heavy atom. The number of carbonyl (C=O) groups is 1. The summed E-state index contributed by atoms with van der Waals surface area (Å²) in [5.41, 5.74) is 6.11. The van der Waals surface area contributed by atoms with Gasteiger partial charge in [0.2, 0.25) is 5.91 Å². The molecule has 3 N–H and O–H groups in total. The van der Waals surface area contributed by atoms with Crippen molar-refractivity contribution in [1.29, 1.82) is 0 Å². The maximum absolute atomic E-state index is 12.1. The molecule has 116 valence electrons. The van der Waals surface area contributed by atoms with Crippen LogP contribution in [0.1, 0.15) is 43.7 Å². The standard InChI is InChI=1S/C15H20F2N2O2/c16-15(17)21-12-8-6-10(7-9-12)13(14(18)20)19-11-4-2-1-3-5-11/h6-9,11,13,15,19H,1-5H2,(H2,18,20). The van der Waals surface area contributed by atoms with Crippen LogP contribution >= 0.6 is 0 Å². The van der Waals surface area contributed by atoms with Crippen LogP contribution < -0.4 is 15.8 Å². The summed E-state index contributed by atoms with van der Waals surface area (Å²) in [6.45, 7) is -2.86. The number of primary amides is 1. The monoisotopic (exact) mass is 298 g/mol. The van der Waals surface area contributed by atoms with Crippen LogP contribution in [0.15, 0.2) is 24.3 Å². The Morgan fingerprint density at radius 1 is 1.19 bits per heavy atom. The fraction of sp³-hybridized carbons (Fsp3) is 0.533. The fourth-order valence-electron chi connectivity index (χ4n) is 2.69. The summed E-state index contributed by atoms with van der Waals surface area (Å²) in [7, 11) is 0. The van der Waals surface area contributed by atoms with Gasteiger partial charge in [0.05, 0.1) is 0 Å². The third kappa shape index (κ3) is 4.67. The molecule has 2 rings (SSSR count). The molecule has 0 heterocycles. The molecule has 1 aliphatic rings. The molecule has 0 saturated heterocycles. The highest BCUT2D eigenvalue weighted by molar-refractivity contribution is 5.81. The van der Waals surface area contributed by atoms with E-state index in [4.69, 9.17) is 5.73 Å². The summed E-state index contributed by atoms with van der Waals surface area (Å²) in [6.07, 6.45) is 5.56. The van der Waals surface area contributed by atoms with E-state index in [0.717, 1.165) is 25.7 Å². The topological polar surface area (TPSA) is 64.4 Å². The predicted octanol–water partition coefficient (Wildman–Crippen LogP) is 2.74. The number of nitrogens with two attached hydrogens (primary N) is 1. The second-order valence-electron chi connectivity index (χ2n) is 5.28. The van der Waals surface area contributed by atoms with Gasteiger partial charge in [-0.2, -0.15) is 8.78 Å². The summed E-state index contributed by atoms with van der Waals surface area (Å²) in [5.74, 6) is -0.405. The largest absolute Gasteiger partial charge is 0.435 e. The Bertz CT molecular complexity index is 459. The van der Waals surface area contributed by atoms with Gasteiger partial charge >= 0.3 is 6.61 Å². The molecule has 0 radical (unpaired) electrons. The quantitative estimate of drug-likeness (QED) is 0.848. The number of halogens is 2. The number of amides is 1. The highest BCUT2D eigenvalue weighted by Crippen LogP contribution is 2.23. The van der Waals surface area contributed by atoms with Crippen molar-refractivity contribution in [1.82, 2.24) is 5.32 Å². The van der Waals surface area contributed by atoms with E-state index in [2.05, 4.69) is 10.1 Å². The smallest absolute Gasteiger partial charge is 0.387 e. The van der Waals surface area contributed by atoms with E-state index in [0.29, 0.717) is 5.56 Å². The van der Waals surface area contributed by atoms with Crippen LogP contribution in [0.3, 0.4) is 0 Å². The highest BCUT2D eigenvalue weighted by atomic mass is 19.3. The second kappa shape index (κ2) is 7.36. The molecule has 1 aromatic carbocycles. The minimum absolute atomic E-state index is 0.0645.